The zero-order valence-electron chi connectivity index (χ0n) is 11.0. The molecule has 1 aliphatic rings. The molecule has 0 bridgehead atoms. The largest absolute Gasteiger partial charge is 0.497 e. The summed E-state index contributed by atoms with van der Waals surface area (Å²) < 4.78 is 7.48. The molecule has 19 heavy (non-hydrogen) atoms. The number of rotatable bonds is 3. The Kier molecular flexibility index (Phi) is 3.25. The van der Waals surface area contributed by atoms with E-state index in [-0.39, 0.29) is 6.61 Å². The number of nitrogens with zero attached hydrogens (tertiary/aromatic N) is 2. The summed E-state index contributed by atoms with van der Waals surface area (Å²) in [6, 6.07) is 7.95. The Bertz CT molecular complexity index is 577. The third kappa shape index (κ3) is 2.24. The molecule has 0 fully saturated rings. The van der Waals surface area contributed by atoms with E-state index in [0.29, 0.717) is 5.92 Å². The number of hydrogen-bond acceptors (Lipinski definition) is 3. The Labute approximate surface area is 112 Å². The van der Waals surface area contributed by atoms with E-state index in [9.17, 15) is 5.11 Å². The first-order valence-electron chi connectivity index (χ1n) is 6.61. The number of imidazole rings is 1. The Morgan fingerprint density at radius 2 is 2.37 bits per heavy atom. The SMILES string of the molecule is COc1cccc(-c2ncc3n2CC(CO)CC3)c1. The molecule has 3 rings (SSSR count). The smallest absolute Gasteiger partial charge is 0.140 e. The zero-order valence-corrected chi connectivity index (χ0v) is 11.0. The molecule has 0 saturated carbocycles. The van der Waals surface area contributed by atoms with E-state index in [1.54, 1.807) is 7.11 Å². The van der Waals surface area contributed by atoms with Crippen molar-refractivity contribution in [2.75, 3.05) is 13.7 Å². The molecule has 2 heterocycles. The Balaban J connectivity index is 1.99. The van der Waals surface area contributed by atoms with Crippen molar-refractivity contribution in [2.45, 2.75) is 19.4 Å². The topological polar surface area (TPSA) is 47.3 Å². The van der Waals surface area contributed by atoms with Gasteiger partial charge in [-0.05, 0) is 25.0 Å². The second-order valence-electron chi connectivity index (χ2n) is 5.00. The minimum atomic E-state index is 0.245. The van der Waals surface area contributed by atoms with Crippen LogP contribution in [0.25, 0.3) is 11.4 Å². The highest BCUT2D eigenvalue weighted by Crippen LogP contribution is 2.28. The number of methoxy groups -OCH3 is 1. The predicted molar refractivity (Wildman–Crippen MR) is 73.1 cm³/mol. The molecule has 0 spiro atoms. The minimum absolute atomic E-state index is 0.245. The third-order valence-electron chi connectivity index (χ3n) is 3.77. The van der Waals surface area contributed by atoms with E-state index >= 15 is 0 Å². The molecule has 1 unspecified atom stereocenters. The number of fused-ring (bicyclic) bond motifs is 1. The number of hydrogen-bond donors (Lipinski definition) is 1. The van der Waals surface area contributed by atoms with E-state index in [0.717, 1.165) is 36.5 Å². The van der Waals surface area contributed by atoms with Crippen LogP contribution in [-0.2, 0) is 13.0 Å². The predicted octanol–water partition coefficient (Wildman–Crippen LogP) is 2.11. The zero-order chi connectivity index (χ0) is 13.2. The Hall–Kier alpha value is -1.81. The molecule has 1 aromatic heterocycles. The molecular formula is C15H18N2O2. The lowest BCUT2D eigenvalue weighted by atomic mass is 9.99. The van der Waals surface area contributed by atoms with E-state index in [1.165, 1.54) is 5.69 Å². The Morgan fingerprint density at radius 3 is 3.16 bits per heavy atom. The standard InChI is InChI=1S/C15H18N2O2/c1-19-14-4-2-3-12(7-14)15-16-8-13-6-5-11(10-18)9-17(13)15/h2-4,7-8,11,18H,5-6,9-10H2,1H3. The number of aromatic nitrogens is 2. The van der Waals surface area contributed by atoms with Crippen molar-refractivity contribution >= 4 is 0 Å². The highest BCUT2D eigenvalue weighted by Gasteiger charge is 2.21. The highest BCUT2D eigenvalue weighted by atomic mass is 16.5. The molecule has 100 valence electrons. The van der Waals surface area contributed by atoms with Gasteiger partial charge in [-0.15, -0.1) is 0 Å². The molecule has 1 N–H and O–H groups in total. The lowest BCUT2D eigenvalue weighted by Crippen LogP contribution is -2.23. The summed E-state index contributed by atoms with van der Waals surface area (Å²) in [6.07, 6.45) is 3.98. The van der Waals surface area contributed by atoms with Gasteiger partial charge >= 0.3 is 0 Å². The quantitative estimate of drug-likeness (QED) is 0.917. The van der Waals surface area contributed by atoms with Gasteiger partial charge in [-0.1, -0.05) is 12.1 Å². The fourth-order valence-corrected chi connectivity index (χ4v) is 2.66. The van der Waals surface area contributed by atoms with Crippen molar-refractivity contribution in [3.05, 3.63) is 36.2 Å². The molecule has 1 atom stereocenters. The normalized spacial score (nSPS) is 18.1. The monoisotopic (exact) mass is 258 g/mol. The van der Waals surface area contributed by atoms with Crippen LogP contribution in [0.5, 0.6) is 5.75 Å². The third-order valence-corrected chi connectivity index (χ3v) is 3.77. The number of benzene rings is 1. The van der Waals surface area contributed by atoms with Crippen LogP contribution in [0.15, 0.2) is 30.5 Å². The molecule has 0 saturated heterocycles. The summed E-state index contributed by atoms with van der Waals surface area (Å²) in [4.78, 5) is 4.54. The summed E-state index contributed by atoms with van der Waals surface area (Å²) in [5.41, 5.74) is 2.31. The first kappa shape index (κ1) is 12.2. The molecule has 0 radical (unpaired) electrons. The average Bonchev–Trinajstić information content (AvgIpc) is 2.90. The summed E-state index contributed by atoms with van der Waals surface area (Å²) in [5, 5.41) is 9.34. The maximum Gasteiger partial charge on any atom is 0.140 e. The maximum atomic E-state index is 9.34. The number of aryl methyl sites for hydroxylation is 1. The van der Waals surface area contributed by atoms with Crippen LogP contribution in [0.1, 0.15) is 12.1 Å². The van der Waals surface area contributed by atoms with E-state index in [2.05, 4.69) is 9.55 Å². The fourth-order valence-electron chi connectivity index (χ4n) is 2.66. The minimum Gasteiger partial charge on any atom is -0.497 e. The maximum absolute atomic E-state index is 9.34. The van der Waals surface area contributed by atoms with Crippen LogP contribution in [0.3, 0.4) is 0 Å². The van der Waals surface area contributed by atoms with Gasteiger partial charge in [-0.3, -0.25) is 0 Å². The van der Waals surface area contributed by atoms with Crippen molar-refractivity contribution in [1.82, 2.24) is 9.55 Å². The summed E-state index contributed by atoms with van der Waals surface area (Å²) in [6.45, 7) is 1.09. The molecular weight excluding hydrogens is 240 g/mol. The van der Waals surface area contributed by atoms with Crippen molar-refractivity contribution < 1.29 is 9.84 Å². The van der Waals surface area contributed by atoms with Crippen molar-refractivity contribution in [2.24, 2.45) is 5.92 Å². The lowest BCUT2D eigenvalue weighted by molar-refractivity contribution is 0.192. The van der Waals surface area contributed by atoms with Gasteiger partial charge in [0.15, 0.2) is 0 Å². The number of ether oxygens (including phenoxy) is 1. The summed E-state index contributed by atoms with van der Waals surface area (Å²) in [7, 11) is 1.67. The van der Waals surface area contributed by atoms with Crippen LogP contribution in [0.2, 0.25) is 0 Å². The van der Waals surface area contributed by atoms with Crippen LogP contribution >= 0.6 is 0 Å². The molecule has 2 aromatic rings. The van der Waals surface area contributed by atoms with Gasteiger partial charge in [-0.25, -0.2) is 4.98 Å². The second kappa shape index (κ2) is 5.05. The highest BCUT2D eigenvalue weighted by molar-refractivity contribution is 5.58. The van der Waals surface area contributed by atoms with Gasteiger partial charge in [0, 0.05) is 36.5 Å². The van der Waals surface area contributed by atoms with Gasteiger partial charge in [0.2, 0.25) is 0 Å². The van der Waals surface area contributed by atoms with E-state index in [4.69, 9.17) is 4.74 Å². The molecule has 4 nitrogen and oxygen atoms in total. The molecule has 4 heteroatoms. The van der Waals surface area contributed by atoms with Crippen LogP contribution in [0, 0.1) is 5.92 Å². The van der Waals surface area contributed by atoms with Gasteiger partial charge in [-0.2, -0.15) is 0 Å². The summed E-state index contributed by atoms with van der Waals surface area (Å²) in [5.74, 6) is 2.14. The lowest BCUT2D eigenvalue weighted by Gasteiger charge is -2.24. The van der Waals surface area contributed by atoms with Gasteiger partial charge < -0.3 is 14.4 Å². The molecule has 0 aliphatic carbocycles. The number of aliphatic hydroxyl groups is 1. The molecule has 1 aromatic carbocycles. The Morgan fingerprint density at radius 1 is 1.47 bits per heavy atom. The van der Waals surface area contributed by atoms with Crippen molar-refractivity contribution in [1.29, 1.82) is 0 Å². The van der Waals surface area contributed by atoms with E-state index in [1.807, 2.05) is 30.5 Å². The first-order chi connectivity index (χ1) is 9.31. The van der Waals surface area contributed by atoms with Crippen LogP contribution in [0.4, 0.5) is 0 Å². The molecule has 0 amide bonds. The van der Waals surface area contributed by atoms with Crippen LogP contribution < -0.4 is 4.74 Å². The van der Waals surface area contributed by atoms with E-state index < -0.39 is 0 Å². The van der Waals surface area contributed by atoms with Crippen molar-refractivity contribution in [3.63, 3.8) is 0 Å². The second-order valence-corrected chi connectivity index (χ2v) is 5.00. The van der Waals surface area contributed by atoms with Crippen molar-refractivity contribution in [3.8, 4) is 17.1 Å². The average molecular weight is 258 g/mol. The van der Waals surface area contributed by atoms with Gasteiger partial charge in [0.25, 0.3) is 0 Å². The molecule has 1 aliphatic heterocycles. The van der Waals surface area contributed by atoms with Crippen LogP contribution in [-0.4, -0.2) is 28.4 Å². The summed E-state index contributed by atoms with van der Waals surface area (Å²) >= 11 is 0. The fraction of sp³-hybridized carbons (Fsp3) is 0.400. The first-order valence-corrected chi connectivity index (χ1v) is 6.61. The number of aliphatic hydroxyl groups excluding tert-OH is 1. The van der Waals surface area contributed by atoms with Gasteiger partial charge in [0.05, 0.1) is 7.11 Å². The van der Waals surface area contributed by atoms with Gasteiger partial charge in [0.1, 0.15) is 11.6 Å².